The van der Waals surface area contributed by atoms with Crippen LogP contribution in [-0.4, -0.2) is 27.6 Å². The largest absolute Gasteiger partial charge is 0.349 e. The second-order valence-corrected chi connectivity index (χ2v) is 3.95. The molecule has 0 atom stereocenters. The Labute approximate surface area is 106 Å². The van der Waals surface area contributed by atoms with Gasteiger partial charge in [-0.25, -0.2) is 4.98 Å². The number of nitrogens with zero attached hydrogens (tertiary/aromatic N) is 2. The van der Waals surface area contributed by atoms with Gasteiger partial charge < -0.3 is 5.32 Å². The number of nitrogens with one attached hydrogen (secondary N) is 2. The maximum Gasteiger partial charge on any atom is 0.290 e. The summed E-state index contributed by atoms with van der Waals surface area (Å²) in [5.41, 5.74) is 1.20. The van der Waals surface area contributed by atoms with Crippen molar-refractivity contribution in [2.24, 2.45) is 0 Å². The number of aromatic amines is 1. The Kier molecular flexibility index (Phi) is 4.06. The van der Waals surface area contributed by atoms with Crippen molar-refractivity contribution in [1.82, 2.24) is 20.5 Å². The summed E-state index contributed by atoms with van der Waals surface area (Å²) in [4.78, 5) is 15.8. The highest BCUT2D eigenvalue weighted by atomic mass is 16.2. The molecule has 0 saturated carbocycles. The lowest BCUT2D eigenvalue weighted by molar-refractivity contribution is 0.0944. The van der Waals surface area contributed by atoms with E-state index in [2.05, 4.69) is 20.5 Å². The van der Waals surface area contributed by atoms with Gasteiger partial charge in [0.05, 0.1) is 0 Å². The van der Waals surface area contributed by atoms with E-state index in [0.717, 1.165) is 18.7 Å². The highest BCUT2D eigenvalue weighted by molar-refractivity contribution is 5.90. The van der Waals surface area contributed by atoms with Crippen LogP contribution in [0.25, 0.3) is 0 Å². The zero-order chi connectivity index (χ0) is 12.8. The van der Waals surface area contributed by atoms with Crippen LogP contribution < -0.4 is 5.32 Å². The van der Waals surface area contributed by atoms with Gasteiger partial charge in [-0.3, -0.25) is 9.89 Å². The van der Waals surface area contributed by atoms with E-state index < -0.39 is 0 Å². The predicted molar refractivity (Wildman–Crippen MR) is 68.2 cm³/mol. The van der Waals surface area contributed by atoms with Crippen LogP contribution in [0.3, 0.4) is 0 Å². The van der Waals surface area contributed by atoms with Crippen LogP contribution >= 0.6 is 0 Å². The molecule has 5 nitrogen and oxygen atoms in total. The Balaban J connectivity index is 1.81. The van der Waals surface area contributed by atoms with Crippen LogP contribution in [0.5, 0.6) is 0 Å². The van der Waals surface area contributed by atoms with E-state index in [1.807, 2.05) is 37.3 Å². The smallest absolute Gasteiger partial charge is 0.290 e. The molecule has 94 valence electrons. The molecule has 2 rings (SSSR count). The molecule has 0 saturated heterocycles. The fourth-order valence-corrected chi connectivity index (χ4v) is 1.60. The summed E-state index contributed by atoms with van der Waals surface area (Å²) in [6, 6.07) is 10.0. The fraction of sp³-hybridized carbons (Fsp3) is 0.308. The van der Waals surface area contributed by atoms with E-state index in [4.69, 9.17) is 0 Å². The molecule has 0 fully saturated rings. The minimum atomic E-state index is -0.234. The predicted octanol–water partition coefficient (Wildman–Crippen LogP) is 1.34. The van der Waals surface area contributed by atoms with Crippen molar-refractivity contribution in [3.05, 3.63) is 47.5 Å². The number of hydrogen-bond donors (Lipinski definition) is 2. The van der Waals surface area contributed by atoms with Crippen molar-refractivity contribution in [3.63, 3.8) is 0 Å². The van der Waals surface area contributed by atoms with Crippen LogP contribution in [-0.2, 0) is 12.8 Å². The lowest BCUT2D eigenvalue weighted by Gasteiger charge is -2.02. The molecule has 0 spiro atoms. The standard InChI is InChI=1S/C13H16N4O/c1-2-11-15-12(17-16-11)13(18)14-9-8-10-6-4-3-5-7-10/h3-7H,2,8-9H2,1H3,(H,14,18)(H,15,16,17). The van der Waals surface area contributed by atoms with Crippen molar-refractivity contribution >= 4 is 5.91 Å². The average molecular weight is 244 g/mol. The molecule has 0 aliphatic heterocycles. The van der Waals surface area contributed by atoms with Crippen LogP contribution in [0, 0.1) is 0 Å². The van der Waals surface area contributed by atoms with E-state index in [1.54, 1.807) is 0 Å². The van der Waals surface area contributed by atoms with E-state index in [1.165, 1.54) is 5.56 Å². The molecule has 2 N–H and O–H groups in total. The number of aryl methyl sites for hydroxylation is 1. The number of carbonyl (C=O) groups excluding carboxylic acids is 1. The summed E-state index contributed by atoms with van der Waals surface area (Å²) in [6.07, 6.45) is 1.54. The van der Waals surface area contributed by atoms with Gasteiger partial charge in [-0.1, -0.05) is 37.3 Å². The normalized spacial score (nSPS) is 10.3. The third kappa shape index (κ3) is 3.16. The zero-order valence-corrected chi connectivity index (χ0v) is 10.3. The van der Waals surface area contributed by atoms with Gasteiger partial charge >= 0.3 is 0 Å². The van der Waals surface area contributed by atoms with E-state index in [0.29, 0.717) is 6.54 Å². The number of benzene rings is 1. The van der Waals surface area contributed by atoms with E-state index in [9.17, 15) is 4.79 Å². The number of hydrogen-bond acceptors (Lipinski definition) is 3. The molecule has 1 amide bonds. The van der Waals surface area contributed by atoms with Crippen molar-refractivity contribution in [1.29, 1.82) is 0 Å². The van der Waals surface area contributed by atoms with Crippen LogP contribution in [0.4, 0.5) is 0 Å². The molecule has 5 heteroatoms. The lowest BCUT2D eigenvalue weighted by Crippen LogP contribution is -2.26. The lowest BCUT2D eigenvalue weighted by atomic mass is 10.1. The molecule has 0 radical (unpaired) electrons. The van der Waals surface area contributed by atoms with Crippen LogP contribution in [0.1, 0.15) is 28.9 Å². The Bertz CT molecular complexity index is 507. The summed E-state index contributed by atoms with van der Waals surface area (Å²) in [5, 5.41) is 9.39. The summed E-state index contributed by atoms with van der Waals surface area (Å²) >= 11 is 0. The number of H-pyrrole nitrogens is 1. The molecule has 0 aliphatic carbocycles. The quantitative estimate of drug-likeness (QED) is 0.833. The summed E-state index contributed by atoms with van der Waals surface area (Å²) in [5.74, 6) is 0.699. The third-order valence-corrected chi connectivity index (χ3v) is 2.61. The molecule has 1 heterocycles. The summed E-state index contributed by atoms with van der Waals surface area (Å²) in [7, 11) is 0. The number of rotatable bonds is 5. The fourth-order valence-electron chi connectivity index (χ4n) is 1.60. The average Bonchev–Trinajstić information content (AvgIpc) is 2.89. The molecule has 1 aromatic carbocycles. The van der Waals surface area contributed by atoms with Gasteiger partial charge in [0.15, 0.2) is 0 Å². The van der Waals surface area contributed by atoms with E-state index >= 15 is 0 Å². The third-order valence-electron chi connectivity index (χ3n) is 2.61. The van der Waals surface area contributed by atoms with E-state index in [-0.39, 0.29) is 11.7 Å². The highest BCUT2D eigenvalue weighted by Crippen LogP contribution is 1.99. The molecular weight excluding hydrogens is 228 g/mol. The first-order valence-electron chi connectivity index (χ1n) is 6.03. The monoisotopic (exact) mass is 244 g/mol. The number of amides is 1. The number of aromatic nitrogens is 3. The Morgan fingerprint density at radius 2 is 2.11 bits per heavy atom. The number of carbonyl (C=O) groups is 1. The van der Waals surface area contributed by atoms with Crippen LogP contribution in [0.15, 0.2) is 30.3 Å². The van der Waals surface area contributed by atoms with Gasteiger partial charge in [-0.05, 0) is 12.0 Å². The van der Waals surface area contributed by atoms with Gasteiger partial charge in [-0.15, -0.1) is 5.10 Å². The first-order chi connectivity index (χ1) is 8.79. The van der Waals surface area contributed by atoms with Crippen LogP contribution in [0.2, 0.25) is 0 Å². The van der Waals surface area contributed by atoms with Gasteiger partial charge in [-0.2, -0.15) is 0 Å². The Morgan fingerprint density at radius 3 is 2.78 bits per heavy atom. The van der Waals surface area contributed by atoms with Crippen molar-refractivity contribution in [3.8, 4) is 0 Å². The van der Waals surface area contributed by atoms with Gasteiger partial charge in [0.25, 0.3) is 5.91 Å². The minimum Gasteiger partial charge on any atom is -0.349 e. The maximum absolute atomic E-state index is 11.7. The topological polar surface area (TPSA) is 70.7 Å². The molecule has 18 heavy (non-hydrogen) atoms. The van der Waals surface area contributed by atoms with Gasteiger partial charge in [0, 0.05) is 13.0 Å². The van der Waals surface area contributed by atoms with Gasteiger partial charge in [0.2, 0.25) is 5.82 Å². The molecule has 1 aromatic heterocycles. The SMILES string of the molecule is CCc1nc(C(=O)NCCc2ccccc2)n[nH]1. The Hall–Kier alpha value is -2.17. The molecule has 0 aliphatic rings. The zero-order valence-electron chi connectivity index (χ0n) is 10.3. The molecule has 0 bridgehead atoms. The highest BCUT2D eigenvalue weighted by Gasteiger charge is 2.10. The molecular formula is C13H16N4O. The molecule has 2 aromatic rings. The Morgan fingerprint density at radius 1 is 1.33 bits per heavy atom. The van der Waals surface area contributed by atoms with Crippen molar-refractivity contribution in [2.75, 3.05) is 6.54 Å². The second kappa shape index (κ2) is 5.95. The molecule has 0 unspecified atom stereocenters. The minimum absolute atomic E-state index is 0.208. The maximum atomic E-state index is 11.7. The summed E-state index contributed by atoms with van der Waals surface area (Å²) in [6.45, 7) is 2.54. The second-order valence-electron chi connectivity index (χ2n) is 3.95. The first-order valence-corrected chi connectivity index (χ1v) is 6.03. The van der Waals surface area contributed by atoms with Crippen molar-refractivity contribution in [2.45, 2.75) is 19.8 Å². The first kappa shape index (κ1) is 12.3. The van der Waals surface area contributed by atoms with Gasteiger partial charge in [0.1, 0.15) is 5.82 Å². The van der Waals surface area contributed by atoms with Crippen molar-refractivity contribution < 1.29 is 4.79 Å². The summed E-state index contributed by atoms with van der Waals surface area (Å²) < 4.78 is 0.